The van der Waals surface area contributed by atoms with E-state index in [1.165, 1.54) is 10.8 Å². The minimum Gasteiger partial charge on any atom is -0.214 e. The summed E-state index contributed by atoms with van der Waals surface area (Å²) in [6.07, 6.45) is 0. The van der Waals surface area contributed by atoms with Crippen molar-refractivity contribution in [3.8, 4) is 0 Å². The predicted octanol–water partition coefficient (Wildman–Crippen LogP) is 5.34. The van der Waals surface area contributed by atoms with Crippen LogP contribution in [0.25, 0.3) is 10.8 Å². The zero-order valence-electron chi connectivity index (χ0n) is 9.18. The second-order valence-corrected chi connectivity index (χ2v) is 5.77. The van der Waals surface area contributed by atoms with Crippen LogP contribution in [0.15, 0.2) is 72.8 Å². The molecule has 0 fully saturated rings. The molecule has 0 N–H and O–H groups in total. The monoisotopic (exact) mass is 298 g/mol. The maximum Gasteiger partial charge on any atom is -0.0809 e. The van der Waals surface area contributed by atoms with E-state index in [0.29, 0.717) is 0 Å². The van der Waals surface area contributed by atoms with Crippen molar-refractivity contribution in [2.45, 2.75) is 0 Å². The molecule has 0 aliphatic rings. The van der Waals surface area contributed by atoms with Crippen LogP contribution in [-0.4, -0.2) is 0 Å². The minimum absolute atomic E-state index is 0.556. The van der Waals surface area contributed by atoms with Gasteiger partial charge in [0.15, 0.2) is 0 Å². The van der Waals surface area contributed by atoms with Gasteiger partial charge in [-0.2, -0.15) is 35.7 Å². The summed E-state index contributed by atoms with van der Waals surface area (Å²) < 4.78 is 0. The smallest absolute Gasteiger partial charge is 0.0809 e. The van der Waals surface area contributed by atoms with E-state index in [2.05, 4.69) is 42.5 Å². The average molecular weight is 299 g/mol. The van der Waals surface area contributed by atoms with Crippen molar-refractivity contribution < 1.29 is 17.0 Å². The van der Waals surface area contributed by atoms with Crippen LogP contribution in [0.4, 0.5) is 0 Å². The van der Waals surface area contributed by atoms with E-state index < -0.39 is 17.0 Å². The molecule has 3 aromatic rings. The number of hydrogen-bond acceptors (Lipinski definition) is 0. The molecule has 0 saturated carbocycles. The number of halogens is 2. The van der Waals surface area contributed by atoms with Gasteiger partial charge in [0.05, 0.1) is 0 Å². The van der Waals surface area contributed by atoms with Crippen molar-refractivity contribution in [2.75, 3.05) is 0 Å². The third kappa shape index (κ3) is 6.09. The summed E-state index contributed by atoms with van der Waals surface area (Å²) in [6, 6.07) is 24.7. The summed E-state index contributed by atoms with van der Waals surface area (Å²) in [4.78, 5) is 0. The normalized spacial score (nSPS) is 8.59. The van der Waals surface area contributed by atoms with E-state index in [9.17, 15) is 0 Å². The first-order chi connectivity index (χ1) is 8.38. The molecule has 0 saturated heterocycles. The fourth-order valence-electron chi connectivity index (χ4n) is 1.39. The van der Waals surface area contributed by atoms with Gasteiger partial charge in [-0.1, -0.05) is 6.07 Å². The summed E-state index contributed by atoms with van der Waals surface area (Å²) in [7, 11) is 9.78. The van der Waals surface area contributed by atoms with Crippen molar-refractivity contribution in [1.82, 2.24) is 0 Å². The van der Waals surface area contributed by atoms with Crippen molar-refractivity contribution in [2.24, 2.45) is 0 Å². The molecule has 88 valence electrons. The Bertz CT molecular complexity index is 438. The maximum absolute atomic E-state index is 4.89. The third-order valence-electron chi connectivity index (χ3n) is 2.10. The fourth-order valence-corrected chi connectivity index (χ4v) is 1.39. The van der Waals surface area contributed by atoms with Crippen molar-refractivity contribution in [1.29, 1.82) is 0 Å². The quantitative estimate of drug-likeness (QED) is 0.388. The summed E-state index contributed by atoms with van der Waals surface area (Å²) in [5, 5.41) is 2.66. The number of fused-ring (bicyclic) bond motifs is 1. The molecule has 0 heterocycles. The van der Waals surface area contributed by atoms with Gasteiger partial charge in [-0.15, -0.1) is 29.7 Å². The van der Waals surface area contributed by atoms with Crippen LogP contribution in [0, 0.1) is 0 Å². The van der Waals surface area contributed by atoms with E-state index in [-0.39, 0.29) is 0 Å². The van der Waals surface area contributed by atoms with Crippen molar-refractivity contribution >= 4 is 29.4 Å². The summed E-state index contributed by atoms with van der Waals surface area (Å²) in [6.45, 7) is 0. The van der Waals surface area contributed by atoms with Crippen molar-refractivity contribution in [3.05, 3.63) is 72.8 Å². The van der Waals surface area contributed by atoms with Gasteiger partial charge in [0, 0.05) is 0 Å². The molecule has 0 atom stereocenters. The van der Waals surface area contributed by atoms with Crippen LogP contribution in [0.5, 0.6) is 0 Å². The van der Waals surface area contributed by atoms with Gasteiger partial charge in [0.25, 0.3) is 0 Å². The van der Waals surface area contributed by atoms with E-state index >= 15 is 0 Å². The Hall–Kier alpha value is -0.526. The number of hydrogen-bond donors (Lipinski definition) is 0. The minimum atomic E-state index is -0.556. The summed E-state index contributed by atoms with van der Waals surface area (Å²) in [5.41, 5.74) is 0. The Kier molecular flexibility index (Phi) is 8.12. The van der Waals surface area contributed by atoms with Gasteiger partial charge in [0.2, 0.25) is 0 Å². The van der Waals surface area contributed by atoms with Gasteiger partial charge < -0.3 is 0 Å². The standard InChI is InChI=1S/C9H7.C5H5.2ClH.Ti/c1-2-5-9-7-3-6-8(9)4-1;1-2-4-5-3-1;;;/h1-7H;1-5H;2*1H;/q2*-1;;;+2/p-2. The van der Waals surface area contributed by atoms with E-state index in [1.807, 2.05) is 30.3 Å². The molecular formula is C14H12Cl2Ti-2. The second kappa shape index (κ2) is 9.50. The van der Waals surface area contributed by atoms with Gasteiger partial charge in [-0.05, 0) is 0 Å². The Balaban J connectivity index is 0.000000154. The zero-order chi connectivity index (χ0) is 12.3. The largest absolute Gasteiger partial charge is 0.214 e. The van der Waals surface area contributed by atoms with Crippen LogP contribution in [0.2, 0.25) is 0 Å². The molecule has 0 aromatic heterocycles. The Morgan fingerprint density at radius 1 is 0.824 bits per heavy atom. The molecule has 3 rings (SSSR count). The van der Waals surface area contributed by atoms with Crippen LogP contribution in [0.3, 0.4) is 0 Å². The molecule has 0 unspecified atom stereocenters. The molecule has 3 aromatic carbocycles. The Morgan fingerprint density at radius 3 is 2.00 bits per heavy atom. The van der Waals surface area contributed by atoms with E-state index in [4.69, 9.17) is 18.6 Å². The van der Waals surface area contributed by atoms with Gasteiger partial charge >= 0.3 is 35.6 Å². The molecule has 0 bridgehead atoms. The van der Waals surface area contributed by atoms with Gasteiger partial charge in [0.1, 0.15) is 0 Å². The van der Waals surface area contributed by atoms with E-state index in [0.717, 1.165) is 0 Å². The van der Waals surface area contributed by atoms with Crippen LogP contribution in [0.1, 0.15) is 0 Å². The van der Waals surface area contributed by atoms with Crippen LogP contribution in [-0.2, 0) is 17.0 Å². The third-order valence-corrected chi connectivity index (χ3v) is 2.10. The molecule has 0 aliphatic carbocycles. The fraction of sp³-hybridized carbons (Fsp3) is 0. The van der Waals surface area contributed by atoms with Crippen LogP contribution < -0.4 is 0 Å². The molecule has 0 nitrogen and oxygen atoms in total. The zero-order valence-corrected chi connectivity index (χ0v) is 12.3. The number of benzene rings is 1. The van der Waals surface area contributed by atoms with Gasteiger partial charge in [-0.25, -0.2) is 12.1 Å². The molecule has 0 amide bonds. The SMILES string of the molecule is [Cl][Ti][Cl].c1cc[cH-]c1.c1ccc2[cH-]ccc2c1. The molecular weight excluding hydrogens is 287 g/mol. The second-order valence-electron chi connectivity index (χ2n) is 3.19. The molecule has 3 heteroatoms. The molecule has 0 radical (unpaired) electrons. The first-order valence-electron chi connectivity index (χ1n) is 5.12. The Morgan fingerprint density at radius 2 is 1.47 bits per heavy atom. The van der Waals surface area contributed by atoms with Crippen LogP contribution >= 0.6 is 18.6 Å². The molecule has 0 spiro atoms. The maximum atomic E-state index is 4.89. The van der Waals surface area contributed by atoms with Gasteiger partial charge in [-0.3, -0.25) is 0 Å². The molecule has 0 aliphatic heterocycles. The first-order valence-corrected chi connectivity index (χ1v) is 9.41. The average Bonchev–Trinajstić information content (AvgIpc) is 3.05. The van der Waals surface area contributed by atoms with Crippen molar-refractivity contribution in [3.63, 3.8) is 0 Å². The first kappa shape index (κ1) is 14.5. The Labute approximate surface area is 119 Å². The predicted molar refractivity (Wildman–Crippen MR) is 73.3 cm³/mol. The summed E-state index contributed by atoms with van der Waals surface area (Å²) >= 11 is -0.556. The summed E-state index contributed by atoms with van der Waals surface area (Å²) in [5.74, 6) is 0. The molecule has 17 heavy (non-hydrogen) atoms. The topological polar surface area (TPSA) is 0 Å². The number of rotatable bonds is 0. The van der Waals surface area contributed by atoms with E-state index in [1.54, 1.807) is 0 Å².